The number of hydrogen-bond acceptors (Lipinski definition) is 6. The third-order valence-corrected chi connectivity index (χ3v) is 6.30. The second-order valence-corrected chi connectivity index (χ2v) is 9.36. The van der Waals surface area contributed by atoms with Crippen LogP contribution in [-0.4, -0.2) is 42.0 Å². The van der Waals surface area contributed by atoms with Crippen molar-refractivity contribution in [2.45, 2.75) is 37.9 Å². The van der Waals surface area contributed by atoms with Gasteiger partial charge in [-0.15, -0.1) is 11.3 Å². The SMILES string of the molecule is CC(C)(C(=O)O)c1csc(NCC(C)(C)S(C)(=O)=O)n1. The molecule has 114 valence electrons. The summed E-state index contributed by atoms with van der Waals surface area (Å²) in [6.45, 7) is 6.63. The summed E-state index contributed by atoms with van der Waals surface area (Å²) >= 11 is 1.26. The first kappa shape index (κ1) is 16.9. The van der Waals surface area contributed by atoms with Crippen LogP contribution in [0.1, 0.15) is 33.4 Å². The topological polar surface area (TPSA) is 96.4 Å². The Balaban J connectivity index is 2.84. The Hall–Kier alpha value is -1.15. The molecular weight excluding hydrogens is 300 g/mol. The molecular formula is C12H20N2O4S2. The van der Waals surface area contributed by atoms with Crippen LogP contribution in [0.5, 0.6) is 0 Å². The summed E-state index contributed by atoms with van der Waals surface area (Å²) in [5.41, 5.74) is -0.613. The number of nitrogens with one attached hydrogen (secondary N) is 1. The van der Waals surface area contributed by atoms with Crippen LogP contribution in [0.15, 0.2) is 5.38 Å². The number of carboxylic acid groups (broad SMARTS) is 1. The lowest BCUT2D eigenvalue weighted by molar-refractivity contribution is -0.142. The summed E-state index contributed by atoms with van der Waals surface area (Å²) < 4.78 is 22.3. The molecule has 0 amide bonds. The molecule has 0 saturated heterocycles. The average Bonchev–Trinajstić information content (AvgIpc) is 2.73. The van der Waals surface area contributed by atoms with Crippen molar-refractivity contribution in [1.29, 1.82) is 0 Å². The lowest BCUT2D eigenvalue weighted by Gasteiger charge is -2.22. The summed E-state index contributed by atoms with van der Waals surface area (Å²) in [7, 11) is -3.19. The first-order valence-electron chi connectivity index (χ1n) is 6.01. The van der Waals surface area contributed by atoms with Gasteiger partial charge in [-0.05, 0) is 27.7 Å². The molecule has 0 atom stereocenters. The Labute approximate surface area is 123 Å². The van der Waals surface area contributed by atoms with Crippen LogP contribution in [-0.2, 0) is 20.0 Å². The van der Waals surface area contributed by atoms with E-state index in [1.165, 1.54) is 17.6 Å². The van der Waals surface area contributed by atoms with Crippen molar-refractivity contribution in [3.8, 4) is 0 Å². The van der Waals surface area contributed by atoms with Crippen molar-refractivity contribution >= 4 is 32.3 Å². The number of aliphatic carboxylic acids is 1. The number of anilines is 1. The normalized spacial score (nSPS) is 13.2. The molecule has 0 spiro atoms. The number of rotatable bonds is 6. The van der Waals surface area contributed by atoms with E-state index in [0.29, 0.717) is 10.8 Å². The summed E-state index contributed by atoms with van der Waals surface area (Å²) in [4.78, 5) is 15.4. The van der Waals surface area contributed by atoms with Gasteiger partial charge >= 0.3 is 5.97 Å². The van der Waals surface area contributed by atoms with E-state index in [-0.39, 0.29) is 6.54 Å². The van der Waals surface area contributed by atoms with Gasteiger partial charge in [0.05, 0.1) is 10.4 Å². The number of carboxylic acids is 1. The highest BCUT2D eigenvalue weighted by molar-refractivity contribution is 7.92. The molecule has 0 saturated carbocycles. The van der Waals surface area contributed by atoms with E-state index in [2.05, 4.69) is 10.3 Å². The quantitative estimate of drug-likeness (QED) is 0.829. The van der Waals surface area contributed by atoms with Crippen molar-refractivity contribution in [2.75, 3.05) is 18.1 Å². The predicted octanol–water partition coefficient (Wildman–Crippen LogP) is 1.74. The molecule has 0 unspecified atom stereocenters. The van der Waals surface area contributed by atoms with Gasteiger partial charge in [-0.1, -0.05) is 0 Å². The molecule has 20 heavy (non-hydrogen) atoms. The molecule has 0 aliphatic rings. The Kier molecular flexibility index (Phi) is 4.50. The van der Waals surface area contributed by atoms with E-state index in [0.717, 1.165) is 0 Å². The predicted molar refractivity (Wildman–Crippen MR) is 80.2 cm³/mol. The van der Waals surface area contributed by atoms with E-state index in [9.17, 15) is 13.2 Å². The van der Waals surface area contributed by atoms with E-state index in [1.54, 1.807) is 33.1 Å². The molecule has 0 aromatic carbocycles. The van der Waals surface area contributed by atoms with Crippen molar-refractivity contribution < 1.29 is 18.3 Å². The van der Waals surface area contributed by atoms with Gasteiger partial charge in [0.25, 0.3) is 0 Å². The molecule has 0 radical (unpaired) electrons. The van der Waals surface area contributed by atoms with Crippen LogP contribution in [0.2, 0.25) is 0 Å². The highest BCUT2D eigenvalue weighted by Gasteiger charge is 2.33. The number of aromatic nitrogens is 1. The van der Waals surface area contributed by atoms with Crippen molar-refractivity contribution in [1.82, 2.24) is 4.98 Å². The monoisotopic (exact) mass is 320 g/mol. The van der Waals surface area contributed by atoms with Gasteiger partial charge in [0.1, 0.15) is 5.41 Å². The minimum Gasteiger partial charge on any atom is -0.481 e. The van der Waals surface area contributed by atoms with E-state index >= 15 is 0 Å². The summed E-state index contributed by atoms with van der Waals surface area (Å²) in [5, 5.41) is 14.3. The molecule has 0 aliphatic carbocycles. The number of thiazole rings is 1. The molecule has 6 nitrogen and oxygen atoms in total. The van der Waals surface area contributed by atoms with Crippen molar-refractivity contribution in [2.24, 2.45) is 0 Å². The molecule has 1 rings (SSSR count). The van der Waals surface area contributed by atoms with Crippen LogP contribution < -0.4 is 5.32 Å². The van der Waals surface area contributed by atoms with Crippen LogP contribution in [0.4, 0.5) is 5.13 Å². The van der Waals surface area contributed by atoms with Crippen LogP contribution in [0.25, 0.3) is 0 Å². The number of nitrogens with zero attached hydrogens (tertiary/aromatic N) is 1. The third-order valence-electron chi connectivity index (χ3n) is 3.35. The fourth-order valence-electron chi connectivity index (χ4n) is 1.17. The highest BCUT2D eigenvalue weighted by Crippen LogP contribution is 2.28. The fraction of sp³-hybridized carbons (Fsp3) is 0.667. The standard InChI is InChI=1S/C12H20N2O4S2/c1-11(2,20(5,17)18)7-13-10-14-8(6-19-10)12(3,4)9(15)16/h6H,7H2,1-5H3,(H,13,14)(H,15,16). The molecule has 0 aliphatic heterocycles. The van der Waals surface area contributed by atoms with Gasteiger partial charge in [0.2, 0.25) is 0 Å². The minimum atomic E-state index is -3.19. The van der Waals surface area contributed by atoms with Gasteiger partial charge in [-0.2, -0.15) is 0 Å². The molecule has 2 N–H and O–H groups in total. The van der Waals surface area contributed by atoms with E-state index in [4.69, 9.17) is 5.11 Å². The van der Waals surface area contributed by atoms with Gasteiger partial charge in [-0.25, -0.2) is 13.4 Å². The van der Waals surface area contributed by atoms with E-state index in [1.807, 2.05) is 0 Å². The number of carbonyl (C=O) groups is 1. The second-order valence-electron chi connectivity index (χ2n) is 5.85. The number of hydrogen-bond donors (Lipinski definition) is 2. The van der Waals surface area contributed by atoms with Gasteiger partial charge in [0, 0.05) is 18.2 Å². The molecule has 1 aromatic heterocycles. The van der Waals surface area contributed by atoms with Crippen molar-refractivity contribution in [3.63, 3.8) is 0 Å². The summed E-state index contributed by atoms with van der Waals surface area (Å²) in [6, 6.07) is 0. The summed E-state index contributed by atoms with van der Waals surface area (Å²) in [5.74, 6) is -0.953. The second kappa shape index (κ2) is 5.33. The molecule has 0 bridgehead atoms. The van der Waals surface area contributed by atoms with Crippen LogP contribution in [0.3, 0.4) is 0 Å². The zero-order chi connectivity index (χ0) is 15.8. The first-order valence-corrected chi connectivity index (χ1v) is 8.78. The average molecular weight is 320 g/mol. The fourth-order valence-corrected chi connectivity index (χ4v) is 2.38. The Morgan fingerprint density at radius 1 is 1.40 bits per heavy atom. The smallest absolute Gasteiger partial charge is 0.315 e. The molecule has 0 fully saturated rings. The maximum absolute atomic E-state index is 11.6. The Morgan fingerprint density at radius 3 is 2.40 bits per heavy atom. The lowest BCUT2D eigenvalue weighted by Crippen LogP contribution is -2.38. The largest absolute Gasteiger partial charge is 0.481 e. The highest BCUT2D eigenvalue weighted by atomic mass is 32.2. The van der Waals surface area contributed by atoms with Gasteiger partial charge < -0.3 is 10.4 Å². The summed E-state index contributed by atoms with van der Waals surface area (Å²) in [6.07, 6.45) is 1.19. The Bertz CT molecular complexity index is 603. The molecule has 1 aromatic rings. The zero-order valence-corrected chi connectivity index (χ0v) is 13.9. The van der Waals surface area contributed by atoms with Crippen molar-refractivity contribution in [3.05, 3.63) is 11.1 Å². The van der Waals surface area contributed by atoms with Crippen LogP contribution >= 0.6 is 11.3 Å². The molecule has 1 heterocycles. The zero-order valence-electron chi connectivity index (χ0n) is 12.2. The maximum atomic E-state index is 11.6. The third kappa shape index (κ3) is 3.49. The first-order chi connectivity index (χ1) is 8.88. The minimum absolute atomic E-state index is 0.215. The van der Waals surface area contributed by atoms with Gasteiger partial charge in [0.15, 0.2) is 15.0 Å². The number of sulfone groups is 1. The van der Waals surface area contributed by atoms with E-state index < -0.39 is 26.0 Å². The Morgan fingerprint density at radius 2 is 1.95 bits per heavy atom. The van der Waals surface area contributed by atoms with Gasteiger partial charge in [-0.3, -0.25) is 4.79 Å². The molecule has 8 heteroatoms. The van der Waals surface area contributed by atoms with Crippen LogP contribution in [0, 0.1) is 0 Å². The maximum Gasteiger partial charge on any atom is 0.315 e. The lowest BCUT2D eigenvalue weighted by atomic mass is 9.90.